The molecule has 0 amide bonds. The van der Waals surface area contributed by atoms with E-state index in [2.05, 4.69) is 0 Å². The maximum atomic E-state index is 13.4. The first kappa shape index (κ1) is 16.7. The van der Waals surface area contributed by atoms with E-state index in [4.69, 9.17) is 14.5 Å². The van der Waals surface area contributed by atoms with Gasteiger partial charge in [-0.3, -0.25) is 4.79 Å². The Kier molecular flexibility index (Phi) is 4.88. The molecule has 1 fully saturated rings. The number of carbonyl (C=O) groups excluding carboxylic acids is 1. The minimum Gasteiger partial charge on any atom is -0.316 e. The standard InChI is InChI=1S/C22H18O4/c23-21(17-11-5-2-6-12-17)20(16-9-3-1-4-10-16)18-13-7-8-14-19(18)22-24-15-25-26-22/h1-14,20,22H,15H2. The van der Waals surface area contributed by atoms with E-state index >= 15 is 0 Å². The normalized spacial score (nSPS) is 17.8. The summed E-state index contributed by atoms with van der Waals surface area (Å²) in [6.07, 6.45) is -0.638. The second-order valence-electron chi connectivity index (χ2n) is 6.03. The van der Waals surface area contributed by atoms with Crippen LogP contribution in [0.3, 0.4) is 0 Å². The van der Waals surface area contributed by atoms with Crippen molar-refractivity contribution in [2.45, 2.75) is 12.2 Å². The fourth-order valence-electron chi connectivity index (χ4n) is 3.22. The average molecular weight is 346 g/mol. The summed E-state index contributed by atoms with van der Waals surface area (Å²) in [5.41, 5.74) is 3.24. The van der Waals surface area contributed by atoms with Gasteiger partial charge in [0.25, 0.3) is 0 Å². The van der Waals surface area contributed by atoms with Crippen LogP contribution in [0.2, 0.25) is 0 Å². The highest BCUT2D eigenvalue weighted by molar-refractivity contribution is 6.03. The van der Waals surface area contributed by atoms with Gasteiger partial charge in [0.05, 0.1) is 5.92 Å². The van der Waals surface area contributed by atoms with Crippen molar-refractivity contribution >= 4 is 5.78 Å². The van der Waals surface area contributed by atoms with Crippen molar-refractivity contribution in [2.75, 3.05) is 6.79 Å². The number of ketones is 1. The fourth-order valence-corrected chi connectivity index (χ4v) is 3.22. The Morgan fingerprint density at radius 1 is 0.846 bits per heavy atom. The molecule has 0 aromatic heterocycles. The first-order valence-corrected chi connectivity index (χ1v) is 8.47. The van der Waals surface area contributed by atoms with Crippen LogP contribution in [0, 0.1) is 0 Å². The lowest BCUT2D eigenvalue weighted by molar-refractivity contribution is -0.279. The van der Waals surface area contributed by atoms with Crippen molar-refractivity contribution in [3.63, 3.8) is 0 Å². The summed E-state index contributed by atoms with van der Waals surface area (Å²) in [6, 6.07) is 26.8. The van der Waals surface area contributed by atoms with Crippen molar-refractivity contribution in [2.24, 2.45) is 0 Å². The lowest BCUT2D eigenvalue weighted by atomic mass is 9.82. The summed E-state index contributed by atoms with van der Waals surface area (Å²) in [4.78, 5) is 23.5. The van der Waals surface area contributed by atoms with E-state index < -0.39 is 12.2 Å². The minimum atomic E-state index is -0.638. The zero-order chi connectivity index (χ0) is 17.8. The molecule has 0 saturated carbocycles. The van der Waals surface area contributed by atoms with Gasteiger partial charge in [-0.2, -0.15) is 4.89 Å². The van der Waals surface area contributed by atoms with Gasteiger partial charge >= 0.3 is 0 Å². The molecule has 3 aromatic carbocycles. The van der Waals surface area contributed by atoms with Crippen LogP contribution in [0.1, 0.15) is 39.3 Å². The molecule has 3 aromatic rings. The van der Waals surface area contributed by atoms with Gasteiger partial charge in [-0.1, -0.05) is 84.9 Å². The zero-order valence-corrected chi connectivity index (χ0v) is 14.1. The van der Waals surface area contributed by atoms with Crippen LogP contribution in [0.4, 0.5) is 0 Å². The van der Waals surface area contributed by atoms with Crippen LogP contribution >= 0.6 is 0 Å². The van der Waals surface area contributed by atoms with Crippen LogP contribution in [-0.2, 0) is 14.5 Å². The molecule has 26 heavy (non-hydrogen) atoms. The second kappa shape index (κ2) is 7.62. The van der Waals surface area contributed by atoms with Gasteiger partial charge < -0.3 is 4.74 Å². The van der Waals surface area contributed by atoms with Crippen molar-refractivity contribution in [3.05, 3.63) is 107 Å². The molecule has 1 heterocycles. The largest absolute Gasteiger partial charge is 0.316 e. The maximum Gasteiger partial charge on any atom is 0.220 e. The lowest BCUT2D eigenvalue weighted by Gasteiger charge is -2.21. The highest BCUT2D eigenvalue weighted by Gasteiger charge is 2.30. The fraction of sp³-hybridized carbons (Fsp3) is 0.136. The van der Waals surface area contributed by atoms with Gasteiger partial charge in [0.2, 0.25) is 6.29 Å². The van der Waals surface area contributed by atoms with Crippen molar-refractivity contribution in [3.8, 4) is 0 Å². The highest BCUT2D eigenvalue weighted by atomic mass is 17.3. The molecule has 0 radical (unpaired) electrons. The Balaban J connectivity index is 1.83. The summed E-state index contributed by atoms with van der Waals surface area (Å²) in [6.45, 7) is 0.0711. The molecule has 1 aliphatic rings. The van der Waals surface area contributed by atoms with Gasteiger partial charge in [-0.15, -0.1) is 0 Å². The predicted octanol–water partition coefficient (Wildman–Crippen LogP) is 4.64. The molecule has 0 N–H and O–H groups in total. The van der Waals surface area contributed by atoms with Crippen LogP contribution in [0.15, 0.2) is 84.9 Å². The third-order valence-electron chi connectivity index (χ3n) is 4.44. The van der Waals surface area contributed by atoms with E-state index in [0.717, 1.165) is 16.7 Å². The second-order valence-corrected chi connectivity index (χ2v) is 6.03. The lowest BCUT2D eigenvalue weighted by Crippen LogP contribution is -2.17. The Bertz CT molecular complexity index is 871. The van der Waals surface area contributed by atoms with Crippen LogP contribution < -0.4 is 0 Å². The number of carbonyl (C=O) groups is 1. The van der Waals surface area contributed by atoms with Crippen molar-refractivity contribution in [1.29, 1.82) is 0 Å². The van der Waals surface area contributed by atoms with E-state index in [1.54, 1.807) is 0 Å². The molecule has 1 aliphatic heterocycles. The molecule has 2 atom stereocenters. The smallest absolute Gasteiger partial charge is 0.220 e. The molecule has 0 spiro atoms. The van der Waals surface area contributed by atoms with Gasteiger partial charge in [0.15, 0.2) is 12.6 Å². The van der Waals surface area contributed by atoms with Crippen LogP contribution in [0.5, 0.6) is 0 Å². The number of Topliss-reactive ketones (excluding diaryl/α,β-unsaturated/α-hetero) is 1. The number of ether oxygens (including phenoxy) is 1. The van der Waals surface area contributed by atoms with Crippen molar-refractivity contribution < 1.29 is 19.3 Å². The van der Waals surface area contributed by atoms with E-state index in [1.165, 1.54) is 0 Å². The van der Waals surface area contributed by atoms with Gasteiger partial charge in [0, 0.05) is 11.1 Å². The van der Waals surface area contributed by atoms with E-state index in [1.807, 2.05) is 84.9 Å². The molecule has 4 rings (SSSR count). The Morgan fingerprint density at radius 3 is 2.19 bits per heavy atom. The molecule has 4 nitrogen and oxygen atoms in total. The third kappa shape index (κ3) is 3.30. The van der Waals surface area contributed by atoms with Gasteiger partial charge in [-0.25, -0.2) is 4.89 Å². The molecular weight excluding hydrogens is 328 g/mol. The topological polar surface area (TPSA) is 44.8 Å². The Morgan fingerprint density at radius 2 is 1.50 bits per heavy atom. The van der Waals surface area contributed by atoms with Crippen LogP contribution in [-0.4, -0.2) is 12.6 Å². The van der Waals surface area contributed by atoms with E-state index in [0.29, 0.717) is 5.56 Å². The molecule has 4 heteroatoms. The number of benzene rings is 3. The molecule has 0 aliphatic carbocycles. The first-order valence-electron chi connectivity index (χ1n) is 8.47. The van der Waals surface area contributed by atoms with E-state index in [-0.39, 0.29) is 12.6 Å². The molecule has 0 bridgehead atoms. The molecule has 1 saturated heterocycles. The quantitative estimate of drug-likeness (QED) is 0.499. The number of rotatable bonds is 5. The van der Waals surface area contributed by atoms with E-state index in [9.17, 15) is 4.79 Å². The zero-order valence-electron chi connectivity index (χ0n) is 14.1. The summed E-state index contributed by atoms with van der Waals surface area (Å²) < 4.78 is 5.50. The van der Waals surface area contributed by atoms with Gasteiger partial charge in [-0.05, 0) is 11.1 Å². The molecule has 2 unspecified atom stereocenters. The summed E-state index contributed by atoms with van der Waals surface area (Å²) in [5.74, 6) is -0.425. The Labute approximate surface area is 151 Å². The monoisotopic (exact) mass is 346 g/mol. The highest BCUT2D eigenvalue weighted by Crippen LogP contribution is 2.36. The number of hydrogen-bond acceptors (Lipinski definition) is 4. The first-order chi connectivity index (χ1) is 12.8. The van der Waals surface area contributed by atoms with Gasteiger partial charge in [0.1, 0.15) is 0 Å². The van der Waals surface area contributed by atoms with Crippen molar-refractivity contribution in [1.82, 2.24) is 0 Å². The van der Waals surface area contributed by atoms with Crippen LogP contribution in [0.25, 0.3) is 0 Å². The third-order valence-corrected chi connectivity index (χ3v) is 4.44. The molecular formula is C22H18O4. The average Bonchev–Trinajstić information content (AvgIpc) is 3.25. The summed E-state index contributed by atoms with van der Waals surface area (Å²) in [5, 5.41) is 0. The number of hydrogen-bond donors (Lipinski definition) is 0. The summed E-state index contributed by atoms with van der Waals surface area (Å²) in [7, 11) is 0. The predicted molar refractivity (Wildman–Crippen MR) is 96.4 cm³/mol. The Hall–Kier alpha value is -2.79. The summed E-state index contributed by atoms with van der Waals surface area (Å²) >= 11 is 0. The maximum absolute atomic E-state index is 13.4. The minimum absolute atomic E-state index is 0.0307. The molecule has 130 valence electrons. The SMILES string of the molecule is O=C(c1ccccc1)C(c1ccccc1)c1ccccc1C1OCOO1.